The van der Waals surface area contributed by atoms with Gasteiger partial charge >= 0.3 is 5.97 Å². The summed E-state index contributed by atoms with van der Waals surface area (Å²) >= 11 is 0. The lowest BCUT2D eigenvalue weighted by molar-refractivity contribution is 0.0696. The number of carboxylic acids is 1. The lowest BCUT2D eigenvalue weighted by Gasteiger charge is -2.29. The Kier molecular flexibility index (Phi) is 4.08. The number of aromatic nitrogens is 2. The Balaban J connectivity index is 2.02. The fraction of sp³-hybridized carbons (Fsp3) is 0.375. The van der Waals surface area contributed by atoms with Crippen molar-refractivity contribution in [2.75, 3.05) is 10.8 Å². The van der Waals surface area contributed by atoms with Crippen molar-refractivity contribution < 1.29 is 18.3 Å². The highest BCUT2D eigenvalue weighted by Gasteiger charge is 2.31. The van der Waals surface area contributed by atoms with Crippen LogP contribution < -0.4 is 4.31 Å². The molecule has 1 aliphatic heterocycles. The highest BCUT2D eigenvalue weighted by molar-refractivity contribution is 7.92. The Bertz CT molecular complexity index is 886. The molecule has 2 aromatic rings. The number of nitrogens with zero attached hydrogens (tertiary/aromatic N) is 3. The summed E-state index contributed by atoms with van der Waals surface area (Å²) in [5.74, 6) is -1.02. The number of imidazole rings is 1. The number of aromatic carboxylic acids is 1. The number of sulfonamides is 1. The third-order valence-corrected chi connectivity index (χ3v) is 5.83. The van der Waals surface area contributed by atoms with Gasteiger partial charge in [-0.15, -0.1) is 0 Å². The molecule has 0 spiro atoms. The van der Waals surface area contributed by atoms with Gasteiger partial charge in [0.15, 0.2) is 5.03 Å². The van der Waals surface area contributed by atoms with E-state index in [0.29, 0.717) is 25.1 Å². The summed E-state index contributed by atoms with van der Waals surface area (Å²) in [6, 6.07) is 4.66. The average Bonchev–Trinajstić information content (AvgIpc) is 3.04. The molecule has 0 aliphatic carbocycles. The molecular formula is C16H19N3O4S. The second-order valence-corrected chi connectivity index (χ2v) is 7.89. The largest absolute Gasteiger partial charge is 0.478 e. The Labute approximate surface area is 140 Å². The molecule has 1 aromatic heterocycles. The molecule has 1 N–H and O–H groups in total. The lowest BCUT2D eigenvalue weighted by Crippen LogP contribution is -2.35. The van der Waals surface area contributed by atoms with Gasteiger partial charge in [0.05, 0.1) is 17.6 Å². The molecule has 24 heavy (non-hydrogen) atoms. The highest BCUT2D eigenvalue weighted by atomic mass is 32.2. The van der Waals surface area contributed by atoms with Crippen LogP contribution in [0.4, 0.5) is 5.69 Å². The van der Waals surface area contributed by atoms with Crippen LogP contribution in [0.2, 0.25) is 0 Å². The van der Waals surface area contributed by atoms with Gasteiger partial charge in [-0.1, -0.05) is 0 Å². The molecule has 0 saturated carbocycles. The minimum Gasteiger partial charge on any atom is -0.478 e. The molecule has 8 heteroatoms. The Hall–Kier alpha value is -2.35. The van der Waals surface area contributed by atoms with Crippen LogP contribution >= 0.6 is 0 Å². The predicted octanol–water partition coefficient (Wildman–Crippen LogP) is 2.30. The third-order valence-electron chi connectivity index (χ3n) is 4.13. The molecule has 7 nitrogen and oxygen atoms in total. The van der Waals surface area contributed by atoms with E-state index in [1.165, 1.54) is 22.9 Å². The van der Waals surface area contributed by atoms with Gasteiger partial charge in [-0.05, 0) is 50.5 Å². The van der Waals surface area contributed by atoms with E-state index in [9.17, 15) is 13.2 Å². The van der Waals surface area contributed by atoms with Crippen molar-refractivity contribution >= 4 is 21.7 Å². The standard InChI is InChI=1S/C16H19N3O4S/c1-11(2)18-9-15(17-10-18)24(22,23)19-7-3-4-12-8-13(16(20)21)5-6-14(12)19/h5-6,8-11H,3-4,7H2,1-2H3,(H,20,21). The van der Waals surface area contributed by atoms with Crippen molar-refractivity contribution in [2.24, 2.45) is 0 Å². The third kappa shape index (κ3) is 2.77. The summed E-state index contributed by atoms with van der Waals surface area (Å²) in [7, 11) is -3.77. The SMILES string of the molecule is CC(C)n1cnc(S(=O)(=O)N2CCCc3cc(C(=O)O)ccc32)c1. The number of carboxylic acid groups (broad SMARTS) is 1. The second-order valence-electron chi connectivity index (χ2n) is 6.08. The van der Waals surface area contributed by atoms with E-state index in [0.717, 1.165) is 5.56 Å². The normalized spacial score (nSPS) is 14.7. The first-order valence-corrected chi connectivity index (χ1v) is 9.17. The van der Waals surface area contributed by atoms with Gasteiger partial charge in [-0.2, -0.15) is 8.42 Å². The molecule has 128 valence electrons. The predicted molar refractivity (Wildman–Crippen MR) is 88.9 cm³/mol. The van der Waals surface area contributed by atoms with Crippen LogP contribution in [0, 0.1) is 0 Å². The number of carbonyl (C=O) groups is 1. The number of hydrogen-bond donors (Lipinski definition) is 1. The summed E-state index contributed by atoms with van der Waals surface area (Å²) < 4.78 is 28.9. The molecule has 3 rings (SSSR count). The van der Waals surface area contributed by atoms with Crippen LogP contribution in [0.3, 0.4) is 0 Å². The zero-order valence-electron chi connectivity index (χ0n) is 13.5. The molecular weight excluding hydrogens is 330 g/mol. The van der Waals surface area contributed by atoms with Gasteiger partial charge in [0.25, 0.3) is 10.0 Å². The van der Waals surface area contributed by atoms with E-state index in [4.69, 9.17) is 5.11 Å². The maximum Gasteiger partial charge on any atom is 0.335 e. The van der Waals surface area contributed by atoms with Crippen molar-refractivity contribution in [3.8, 4) is 0 Å². The quantitative estimate of drug-likeness (QED) is 0.914. The second kappa shape index (κ2) is 5.94. The topological polar surface area (TPSA) is 92.5 Å². The van der Waals surface area contributed by atoms with Crippen LogP contribution in [0.5, 0.6) is 0 Å². The van der Waals surface area contributed by atoms with Gasteiger partial charge < -0.3 is 9.67 Å². The van der Waals surface area contributed by atoms with E-state index >= 15 is 0 Å². The lowest BCUT2D eigenvalue weighted by atomic mass is 10.0. The Morgan fingerprint density at radius 2 is 2.08 bits per heavy atom. The number of benzene rings is 1. The number of rotatable bonds is 4. The molecule has 0 bridgehead atoms. The van der Waals surface area contributed by atoms with Gasteiger partial charge in [0.1, 0.15) is 0 Å². The Morgan fingerprint density at radius 1 is 1.33 bits per heavy atom. The molecule has 0 amide bonds. The molecule has 0 unspecified atom stereocenters. The fourth-order valence-corrected chi connectivity index (χ4v) is 4.26. The van der Waals surface area contributed by atoms with Crippen LogP contribution in [0.1, 0.15) is 42.2 Å². The van der Waals surface area contributed by atoms with Crippen molar-refractivity contribution in [1.29, 1.82) is 0 Å². The minimum absolute atomic E-state index is 0.00589. The van der Waals surface area contributed by atoms with Crippen molar-refractivity contribution in [1.82, 2.24) is 9.55 Å². The molecule has 2 heterocycles. The van der Waals surface area contributed by atoms with Crippen LogP contribution in [-0.4, -0.2) is 35.6 Å². The zero-order valence-corrected chi connectivity index (χ0v) is 14.3. The van der Waals surface area contributed by atoms with Crippen LogP contribution in [0.25, 0.3) is 0 Å². The van der Waals surface area contributed by atoms with Crippen molar-refractivity contribution in [2.45, 2.75) is 37.8 Å². The summed E-state index contributed by atoms with van der Waals surface area (Å²) in [5, 5.41) is 9.11. The smallest absolute Gasteiger partial charge is 0.335 e. The van der Waals surface area contributed by atoms with Crippen LogP contribution in [0.15, 0.2) is 35.7 Å². The van der Waals surface area contributed by atoms with Crippen molar-refractivity contribution in [3.05, 3.63) is 41.9 Å². The average molecular weight is 349 g/mol. The van der Waals surface area contributed by atoms with Gasteiger partial charge in [-0.3, -0.25) is 4.31 Å². The van der Waals surface area contributed by atoms with E-state index in [-0.39, 0.29) is 16.6 Å². The molecule has 0 saturated heterocycles. The molecule has 0 fully saturated rings. The van der Waals surface area contributed by atoms with E-state index < -0.39 is 16.0 Å². The number of aryl methyl sites for hydroxylation is 1. The zero-order chi connectivity index (χ0) is 17.5. The van der Waals surface area contributed by atoms with Gasteiger partial charge in [0.2, 0.25) is 0 Å². The Morgan fingerprint density at radius 3 is 2.71 bits per heavy atom. The first kappa shape index (κ1) is 16.5. The molecule has 0 radical (unpaired) electrons. The number of hydrogen-bond acceptors (Lipinski definition) is 4. The summed E-state index contributed by atoms with van der Waals surface area (Å²) in [6.07, 6.45) is 4.33. The van der Waals surface area contributed by atoms with E-state index in [1.54, 1.807) is 16.7 Å². The molecule has 1 aromatic carbocycles. The summed E-state index contributed by atoms with van der Waals surface area (Å²) in [5.41, 5.74) is 1.43. The molecule has 1 aliphatic rings. The van der Waals surface area contributed by atoms with Gasteiger partial charge in [0, 0.05) is 18.8 Å². The van der Waals surface area contributed by atoms with Crippen LogP contribution in [-0.2, 0) is 16.4 Å². The summed E-state index contributed by atoms with van der Waals surface area (Å²) in [4.78, 5) is 15.2. The first-order valence-electron chi connectivity index (χ1n) is 7.73. The maximum absolute atomic E-state index is 12.9. The summed E-state index contributed by atoms with van der Waals surface area (Å²) in [6.45, 7) is 4.25. The van der Waals surface area contributed by atoms with E-state index in [1.807, 2.05) is 13.8 Å². The fourth-order valence-electron chi connectivity index (χ4n) is 2.79. The first-order chi connectivity index (χ1) is 11.3. The minimum atomic E-state index is -3.77. The number of anilines is 1. The maximum atomic E-state index is 12.9. The monoisotopic (exact) mass is 349 g/mol. The van der Waals surface area contributed by atoms with E-state index in [2.05, 4.69) is 4.98 Å². The molecule has 0 atom stereocenters. The number of fused-ring (bicyclic) bond motifs is 1. The van der Waals surface area contributed by atoms with Gasteiger partial charge in [-0.25, -0.2) is 9.78 Å². The highest BCUT2D eigenvalue weighted by Crippen LogP contribution is 2.32. The van der Waals surface area contributed by atoms with Crippen molar-refractivity contribution in [3.63, 3.8) is 0 Å².